The Morgan fingerprint density at radius 3 is 2.52 bits per heavy atom. The van der Waals surface area contributed by atoms with Crippen molar-refractivity contribution in [3.8, 4) is 28.8 Å². The summed E-state index contributed by atoms with van der Waals surface area (Å²) in [6, 6.07) is 5.79. The number of carbonyl (C=O) groups excluding carboxylic acids is 1. The highest BCUT2D eigenvalue weighted by atomic mass is 35.5. The van der Waals surface area contributed by atoms with Gasteiger partial charge in [0.25, 0.3) is 0 Å². The summed E-state index contributed by atoms with van der Waals surface area (Å²) in [7, 11) is 3.04. The van der Waals surface area contributed by atoms with Gasteiger partial charge in [0.05, 0.1) is 60.7 Å². The Hall–Kier alpha value is -3.65. The highest BCUT2D eigenvalue weighted by Crippen LogP contribution is 2.46. The minimum absolute atomic E-state index is 0.0205. The van der Waals surface area contributed by atoms with Crippen molar-refractivity contribution < 1.29 is 19.0 Å². The Morgan fingerprint density at radius 1 is 1.21 bits per heavy atom. The van der Waals surface area contributed by atoms with E-state index in [-0.39, 0.29) is 17.7 Å². The summed E-state index contributed by atoms with van der Waals surface area (Å²) < 4.78 is 16.6. The Morgan fingerprint density at radius 2 is 1.90 bits per heavy atom. The van der Waals surface area contributed by atoms with Gasteiger partial charge in [-0.3, -0.25) is 4.79 Å². The molecule has 0 amide bonds. The van der Waals surface area contributed by atoms with Gasteiger partial charge < -0.3 is 24.4 Å². The average molecular weight is 612 g/mol. The molecule has 0 spiro atoms. The third-order valence-corrected chi connectivity index (χ3v) is 8.77. The van der Waals surface area contributed by atoms with Crippen LogP contribution in [0.1, 0.15) is 26.2 Å². The lowest BCUT2D eigenvalue weighted by atomic mass is 9.82. The molecule has 10 nitrogen and oxygen atoms in total. The van der Waals surface area contributed by atoms with E-state index in [9.17, 15) is 10.1 Å². The number of fused-ring (bicyclic) bond motifs is 1. The van der Waals surface area contributed by atoms with Crippen molar-refractivity contribution in [2.24, 2.45) is 11.3 Å². The van der Waals surface area contributed by atoms with Crippen molar-refractivity contribution >= 4 is 51.7 Å². The molecule has 42 heavy (non-hydrogen) atoms. The number of carbonyl (C=O) groups is 1. The van der Waals surface area contributed by atoms with E-state index < -0.39 is 5.41 Å². The molecule has 2 aromatic heterocycles. The molecule has 2 saturated heterocycles. The number of hydrogen-bond acceptors (Lipinski definition) is 10. The van der Waals surface area contributed by atoms with Gasteiger partial charge in [-0.05, 0) is 31.9 Å². The first-order chi connectivity index (χ1) is 20.2. The molecule has 2 aliphatic rings. The van der Waals surface area contributed by atoms with Crippen LogP contribution < -0.4 is 19.7 Å². The molecule has 5 rings (SSSR count). The van der Waals surface area contributed by atoms with Crippen molar-refractivity contribution in [2.75, 3.05) is 50.7 Å². The van der Waals surface area contributed by atoms with Crippen LogP contribution in [0.15, 0.2) is 31.0 Å². The maximum atomic E-state index is 12.0. The first kappa shape index (κ1) is 29.8. The summed E-state index contributed by atoms with van der Waals surface area (Å²) in [5.41, 5.74) is 1.21. The zero-order valence-electron chi connectivity index (χ0n) is 23.7. The third kappa shape index (κ3) is 5.82. The molecule has 0 radical (unpaired) electrons. The number of benzene rings is 1. The zero-order chi connectivity index (χ0) is 30.0. The lowest BCUT2D eigenvalue weighted by molar-refractivity contribution is -0.115. The smallest absolute Gasteiger partial charge is 0.223 e. The van der Waals surface area contributed by atoms with Crippen LogP contribution in [0.2, 0.25) is 10.0 Å². The summed E-state index contributed by atoms with van der Waals surface area (Å²) in [5, 5.41) is 14.4. The molecule has 0 saturated carbocycles. The number of ketones is 1. The fraction of sp³-hybridized carbons (Fsp3) is 0.433. The van der Waals surface area contributed by atoms with Gasteiger partial charge in [0.1, 0.15) is 17.0 Å². The van der Waals surface area contributed by atoms with Gasteiger partial charge in [0, 0.05) is 48.6 Å². The summed E-state index contributed by atoms with van der Waals surface area (Å²) in [6.07, 6.45) is 4.76. The Labute approximate surface area is 254 Å². The van der Waals surface area contributed by atoms with E-state index in [1.807, 2.05) is 13.0 Å². The molecule has 3 aromatic rings. The monoisotopic (exact) mass is 610 g/mol. The largest absolute Gasteiger partial charge is 0.495 e. The average Bonchev–Trinajstić information content (AvgIpc) is 3.43. The van der Waals surface area contributed by atoms with Gasteiger partial charge in [-0.1, -0.05) is 29.8 Å². The highest BCUT2D eigenvalue weighted by molar-refractivity contribution is 6.41. The van der Waals surface area contributed by atoms with Crippen LogP contribution in [0.5, 0.6) is 11.5 Å². The molecule has 2 fully saturated rings. The second-order valence-electron chi connectivity index (χ2n) is 10.8. The number of pyridine rings is 1. The lowest BCUT2D eigenvalue weighted by Gasteiger charge is -2.36. The number of allylic oxidation sites excluding steroid dienone is 1. The van der Waals surface area contributed by atoms with Crippen molar-refractivity contribution in [1.82, 2.24) is 15.0 Å². The van der Waals surface area contributed by atoms with E-state index in [1.54, 1.807) is 12.3 Å². The maximum absolute atomic E-state index is 12.0. The van der Waals surface area contributed by atoms with Crippen molar-refractivity contribution in [3.05, 3.63) is 41.0 Å². The minimum Gasteiger partial charge on any atom is -0.495 e. The van der Waals surface area contributed by atoms with Crippen LogP contribution in [0.25, 0.3) is 22.2 Å². The van der Waals surface area contributed by atoms with E-state index in [1.165, 1.54) is 20.3 Å². The predicted octanol–water partition coefficient (Wildman–Crippen LogP) is 5.72. The minimum atomic E-state index is -0.404. The van der Waals surface area contributed by atoms with Crippen LogP contribution in [0, 0.1) is 22.7 Å². The van der Waals surface area contributed by atoms with Crippen molar-refractivity contribution in [1.29, 1.82) is 5.26 Å². The van der Waals surface area contributed by atoms with Crippen molar-refractivity contribution in [2.45, 2.75) is 32.2 Å². The lowest BCUT2D eigenvalue weighted by Crippen LogP contribution is -2.38. The van der Waals surface area contributed by atoms with Gasteiger partial charge in [-0.25, -0.2) is 15.0 Å². The number of nitrogens with one attached hydrogen (secondary N) is 1. The summed E-state index contributed by atoms with van der Waals surface area (Å²) in [4.78, 5) is 28.6. The second kappa shape index (κ2) is 12.3. The SMILES string of the molecule is C=CC(=O)C[C@H]1COC[C@H]1Nc1ncc2cc(-c3c(Cl)c(OC)cc(OC)c3Cl)nc(N3CCC(C)(C#N)CC3)c2n1. The number of aromatic nitrogens is 3. The zero-order valence-corrected chi connectivity index (χ0v) is 25.3. The number of hydrogen-bond donors (Lipinski definition) is 1. The number of nitriles is 1. The number of piperidine rings is 1. The van der Waals surface area contributed by atoms with Crippen LogP contribution in [-0.2, 0) is 9.53 Å². The molecule has 2 atom stereocenters. The molecule has 1 N–H and O–H groups in total. The maximum Gasteiger partial charge on any atom is 0.223 e. The topological polar surface area (TPSA) is 122 Å². The van der Waals surface area contributed by atoms with E-state index >= 15 is 0 Å². The number of rotatable bonds is 9. The quantitative estimate of drug-likeness (QED) is 0.301. The highest BCUT2D eigenvalue weighted by Gasteiger charge is 2.33. The Balaban J connectivity index is 1.60. The molecular weight excluding hydrogens is 579 g/mol. The van der Waals surface area contributed by atoms with Crippen LogP contribution in [-0.4, -0.2) is 67.3 Å². The molecule has 2 aliphatic heterocycles. The van der Waals surface area contributed by atoms with E-state index in [0.717, 1.165) is 5.39 Å². The van der Waals surface area contributed by atoms with E-state index in [2.05, 4.69) is 27.8 Å². The molecule has 0 aliphatic carbocycles. The van der Waals surface area contributed by atoms with Crippen LogP contribution >= 0.6 is 23.2 Å². The molecule has 4 heterocycles. The van der Waals surface area contributed by atoms with Gasteiger partial charge in [0.2, 0.25) is 5.95 Å². The standard InChI is InChI=1S/C30H32Cl2N6O4/c1-5-19(39)10-18-14-42-15-21(18)36-29-34-13-17-11-20(24-25(31)22(40-3)12-23(41-4)26(24)32)35-28(27(17)37-29)38-8-6-30(2,16-33)7-9-38/h5,11-13,18,21H,1,6-10,14-15H2,2-4H3,(H,34,36,37)/t18-,21+/m0/s1. The predicted molar refractivity (Wildman–Crippen MR) is 163 cm³/mol. The summed E-state index contributed by atoms with van der Waals surface area (Å²) in [6.45, 7) is 7.71. The Bertz CT molecular complexity index is 1540. The second-order valence-corrected chi connectivity index (χ2v) is 11.6. The van der Waals surface area contributed by atoms with E-state index in [4.69, 9.17) is 47.4 Å². The molecule has 12 heteroatoms. The van der Waals surface area contributed by atoms with Gasteiger partial charge in [-0.2, -0.15) is 5.26 Å². The Kier molecular flexibility index (Phi) is 8.73. The number of methoxy groups -OCH3 is 2. The third-order valence-electron chi connectivity index (χ3n) is 8.02. The molecule has 1 aromatic carbocycles. The molecule has 0 unspecified atom stereocenters. The van der Waals surface area contributed by atoms with Gasteiger partial charge in [-0.15, -0.1) is 0 Å². The van der Waals surface area contributed by atoms with Crippen LogP contribution in [0.3, 0.4) is 0 Å². The fourth-order valence-corrected chi connectivity index (χ4v) is 6.04. The first-order valence-electron chi connectivity index (χ1n) is 13.6. The van der Waals surface area contributed by atoms with Gasteiger partial charge >= 0.3 is 0 Å². The number of nitrogens with zero attached hydrogens (tertiary/aromatic N) is 5. The van der Waals surface area contributed by atoms with Crippen molar-refractivity contribution in [3.63, 3.8) is 0 Å². The summed E-state index contributed by atoms with van der Waals surface area (Å²) in [5.74, 6) is 1.78. The summed E-state index contributed by atoms with van der Waals surface area (Å²) >= 11 is 13.5. The molecular formula is C30H32Cl2N6O4. The first-order valence-corrected chi connectivity index (χ1v) is 14.4. The number of ether oxygens (including phenoxy) is 3. The van der Waals surface area contributed by atoms with E-state index in [0.29, 0.717) is 95.7 Å². The van der Waals surface area contributed by atoms with Crippen LogP contribution in [0.4, 0.5) is 11.8 Å². The molecule has 220 valence electrons. The number of anilines is 2. The fourth-order valence-electron chi connectivity index (χ4n) is 5.34. The normalized spacial score (nSPS) is 19.8. The molecule has 0 bridgehead atoms. The van der Waals surface area contributed by atoms with Gasteiger partial charge in [0.15, 0.2) is 11.6 Å². The number of halogens is 2.